The first-order valence-electron chi connectivity index (χ1n) is 11.1. The van der Waals surface area contributed by atoms with E-state index in [1.54, 1.807) is 32.2 Å². The van der Waals surface area contributed by atoms with E-state index < -0.39 is 0 Å². The molecular formula is C27H24N4O4. The molecule has 0 aliphatic carbocycles. The SMILES string of the molecule is COc1ccc(NC(=O)Cc2nc(-c3ccccc3)oc2C)cc1OCc1cn2ccccc2n1. The Bertz CT molecular complexity index is 1440. The van der Waals surface area contributed by atoms with Crippen molar-refractivity contribution in [2.24, 2.45) is 0 Å². The maximum Gasteiger partial charge on any atom is 0.230 e. The largest absolute Gasteiger partial charge is 0.493 e. The fourth-order valence-corrected chi connectivity index (χ4v) is 3.73. The van der Waals surface area contributed by atoms with Crippen LogP contribution in [0.5, 0.6) is 11.5 Å². The molecule has 5 aromatic rings. The summed E-state index contributed by atoms with van der Waals surface area (Å²) < 4.78 is 19.1. The van der Waals surface area contributed by atoms with E-state index >= 15 is 0 Å². The van der Waals surface area contributed by atoms with Crippen molar-refractivity contribution in [2.75, 3.05) is 12.4 Å². The average Bonchev–Trinajstić information content (AvgIpc) is 3.46. The number of rotatable bonds is 8. The molecule has 176 valence electrons. The van der Waals surface area contributed by atoms with Crippen LogP contribution in [-0.4, -0.2) is 27.4 Å². The number of benzene rings is 2. The monoisotopic (exact) mass is 468 g/mol. The number of nitrogens with zero attached hydrogens (tertiary/aromatic N) is 3. The molecule has 3 heterocycles. The summed E-state index contributed by atoms with van der Waals surface area (Å²) in [5.41, 5.74) is 3.68. The van der Waals surface area contributed by atoms with E-state index in [4.69, 9.17) is 13.9 Å². The maximum absolute atomic E-state index is 12.7. The number of carbonyl (C=O) groups excluding carboxylic acids is 1. The lowest BCUT2D eigenvalue weighted by Crippen LogP contribution is -2.15. The molecule has 0 aliphatic rings. The predicted molar refractivity (Wildman–Crippen MR) is 132 cm³/mol. The van der Waals surface area contributed by atoms with Crippen LogP contribution < -0.4 is 14.8 Å². The molecule has 0 atom stereocenters. The van der Waals surface area contributed by atoms with Crippen LogP contribution in [0.3, 0.4) is 0 Å². The Morgan fingerprint density at radius 1 is 1.03 bits per heavy atom. The minimum Gasteiger partial charge on any atom is -0.493 e. The minimum absolute atomic E-state index is 0.0889. The first kappa shape index (κ1) is 22.2. The van der Waals surface area contributed by atoms with Crippen LogP contribution in [0.4, 0.5) is 5.69 Å². The van der Waals surface area contributed by atoms with Crippen LogP contribution in [0.25, 0.3) is 17.1 Å². The number of amides is 1. The second-order valence-corrected chi connectivity index (χ2v) is 7.97. The number of oxazole rings is 1. The molecule has 0 saturated carbocycles. The van der Waals surface area contributed by atoms with Gasteiger partial charge in [-0.1, -0.05) is 24.3 Å². The van der Waals surface area contributed by atoms with Gasteiger partial charge in [0.05, 0.1) is 24.9 Å². The fraction of sp³-hybridized carbons (Fsp3) is 0.148. The van der Waals surface area contributed by atoms with E-state index in [0.29, 0.717) is 34.5 Å². The molecule has 1 amide bonds. The Balaban J connectivity index is 1.26. The third-order valence-electron chi connectivity index (χ3n) is 5.48. The number of hydrogen-bond donors (Lipinski definition) is 1. The highest BCUT2D eigenvalue weighted by atomic mass is 16.5. The quantitative estimate of drug-likeness (QED) is 0.342. The summed E-state index contributed by atoms with van der Waals surface area (Å²) in [6.45, 7) is 2.07. The van der Waals surface area contributed by atoms with Gasteiger partial charge in [-0.15, -0.1) is 0 Å². The summed E-state index contributed by atoms with van der Waals surface area (Å²) in [4.78, 5) is 21.8. The Morgan fingerprint density at radius 2 is 1.86 bits per heavy atom. The lowest BCUT2D eigenvalue weighted by atomic mass is 10.2. The van der Waals surface area contributed by atoms with E-state index in [9.17, 15) is 4.79 Å². The molecule has 1 N–H and O–H groups in total. The highest BCUT2D eigenvalue weighted by Crippen LogP contribution is 2.31. The van der Waals surface area contributed by atoms with E-state index in [1.165, 1.54) is 0 Å². The van der Waals surface area contributed by atoms with Gasteiger partial charge in [0.1, 0.15) is 18.0 Å². The summed E-state index contributed by atoms with van der Waals surface area (Å²) in [5, 5.41) is 2.90. The number of hydrogen-bond acceptors (Lipinski definition) is 6. The highest BCUT2D eigenvalue weighted by molar-refractivity contribution is 5.92. The standard InChI is InChI=1S/C27H24N4O4/c1-18-22(30-27(35-18)19-8-4-3-5-9-19)15-26(32)29-20-11-12-23(33-2)24(14-20)34-17-21-16-31-13-7-6-10-25(31)28-21/h3-14,16H,15,17H2,1-2H3,(H,29,32). The Hall–Kier alpha value is -4.59. The number of ether oxygens (including phenoxy) is 2. The van der Waals surface area contributed by atoms with Gasteiger partial charge in [0, 0.05) is 29.7 Å². The zero-order valence-corrected chi connectivity index (χ0v) is 19.4. The van der Waals surface area contributed by atoms with Crippen molar-refractivity contribution >= 4 is 17.2 Å². The number of aryl methyl sites for hydroxylation is 1. The van der Waals surface area contributed by atoms with Crippen molar-refractivity contribution in [3.63, 3.8) is 0 Å². The zero-order chi connectivity index (χ0) is 24.2. The first-order chi connectivity index (χ1) is 17.1. The Morgan fingerprint density at radius 3 is 2.66 bits per heavy atom. The molecule has 8 nitrogen and oxygen atoms in total. The molecule has 0 fully saturated rings. The number of aromatic nitrogens is 3. The third kappa shape index (κ3) is 5.01. The molecule has 35 heavy (non-hydrogen) atoms. The van der Waals surface area contributed by atoms with Crippen LogP contribution in [-0.2, 0) is 17.8 Å². The number of anilines is 1. The van der Waals surface area contributed by atoms with Gasteiger partial charge in [-0.05, 0) is 43.3 Å². The molecule has 2 aromatic carbocycles. The summed E-state index contributed by atoms with van der Waals surface area (Å²) >= 11 is 0. The van der Waals surface area contributed by atoms with Crippen LogP contribution in [0.15, 0.2) is 83.5 Å². The predicted octanol–water partition coefficient (Wildman–Crippen LogP) is 5.07. The normalized spacial score (nSPS) is 10.9. The number of nitrogens with one attached hydrogen (secondary N) is 1. The van der Waals surface area contributed by atoms with Crippen LogP contribution in [0.1, 0.15) is 17.1 Å². The molecule has 0 aliphatic heterocycles. The van der Waals surface area contributed by atoms with Crippen molar-refractivity contribution in [1.82, 2.24) is 14.4 Å². The average molecular weight is 469 g/mol. The molecule has 0 spiro atoms. The Kier molecular flexibility index (Phi) is 6.17. The lowest BCUT2D eigenvalue weighted by Gasteiger charge is -2.12. The van der Waals surface area contributed by atoms with Crippen molar-refractivity contribution in [3.05, 3.63) is 96.3 Å². The fourth-order valence-electron chi connectivity index (χ4n) is 3.73. The van der Waals surface area contributed by atoms with E-state index in [-0.39, 0.29) is 18.9 Å². The van der Waals surface area contributed by atoms with Gasteiger partial charge in [-0.2, -0.15) is 0 Å². The van der Waals surface area contributed by atoms with E-state index in [1.807, 2.05) is 65.3 Å². The summed E-state index contributed by atoms with van der Waals surface area (Å²) in [5.74, 6) is 1.97. The van der Waals surface area contributed by atoms with Crippen molar-refractivity contribution < 1.29 is 18.7 Å². The Labute approximate surface area is 202 Å². The van der Waals surface area contributed by atoms with E-state index in [2.05, 4.69) is 15.3 Å². The number of imidazole rings is 1. The van der Waals surface area contributed by atoms with Crippen LogP contribution in [0.2, 0.25) is 0 Å². The van der Waals surface area contributed by atoms with Crippen molar-refractivity contribution in [3.8, 4) is 23.0 Å². The summed E-state index contributed by atoms with van der Waals surface area (Å²) in [6.07, 6.45) is 3.94. The van der Waals surface area contributed by atoms with Crippen molar-refractivity contribution in [1.29, 1.82) is 0 Å². The maximum atomic E-state index is 12.7. The van der Waals surface area contributed by atoms with Gasteiger partial charge in [-0.25, -0.2) is 9.97 Å². The highest BCUT2D eigenvalue weighted by Gasteiger charge is 2.16. The second kappa shape index (κ2) is 9.72. The zero-order valence-electron chi connectivity index (χ0n) is 19.4. The van der Waals surface area contributed by atoms with Gasteiger partial charge in [0.15, 0.2) is 11.5 Å². The van der Waals surface area contributed by atoms with Crippen molar-refractivity contribution in [2.45, 2.75) is 20.0 Å². The topological polar surface area (TPSA) is 90.9 Å². The number of carbonyl (C=O) groups is 1. The molecule has 0 unspecified atom stereocenters. The van der Waals surface area contributed by atoms with E-state index in [0.717, 1.165) is 16.9 Å². The molecule has 3 aromatic heterocycles. The first-order valence-corrected chi connectivity index (χ1v) is 11.1. The molecule has 0 bridgehead atoms. The van der Waals surface area contributed by atoms with Gasteiger partial charge in [-0.3, -0.25) is 4.79 Å². The van der Waals surface area contributed by atoms with Crippen LogP contribution >= 0.6 is 0 Å². The van der Waals surface area contributed by atoms with Gasteiger partial charge in [0.2, 0.25) is 11.8 Å². The minimum atomic E-state index is -0.211. The lowest BCUT2D eigenvalue weighted by molar-refractivity contribution is -0.115. The molecular weight excluding hydrogens is 444 g/mol. The molecule has 0 radical (unpaired) electrons. The van der Waals surface area contributed by atoms with Gasteiger partial charge >= 0.3 is 0 Å². The van der Waals surface area contributed by atoms with Crippen LogP contribution in [0, 0.1) is 6.92 Å². The third-order valence-corrected chi connectivity index (χ3v) is 5.48. The molecule has 8 heteroatoms. The second-order valence-electron chi connectivity index (χ2n) is 7.97. The summed E-state index contributed by atoms with van der Waals surface area (Å²) in [7, 11) is 1.57. The van der Waals surface area contributed by atoms with Gasteiger partial charge in [0.25, 0.3) is 0 Å². The smallest absolute Gasteiger partial charge is 0.230 e. The number of fused-ring (bicyclic) bond motifs is 1. The molecule has 5 rings (SSSR count). The summed E-state index contributed by atoms with van der Waals surface area (Å²) in [6, 6.07) is 20.7. The number of pyridine rings is 1. The van der Waals surface area contributed by atoms with Gasteiger partial charge < -0.3 is 23.6 Å². The number of methoxy groups -OCH3 is 1. The molecule has 0 saturated heterocycles.